The van der Waals surface area contributed by atoms with Crippen molar-refractivity contribution in [1.29, 1.82) is 0 Å². The summed E-state index contributed by atoms with van der Waals surface area (Å²) in [7, 11) is 0. The number of rotatable bonds is 9. The lowest BCUT2D eigenvalue weighted by molar-refractivity contribution is 0.294. The molecule has 0 bridgehead atoms. The quantitative estimate of drug-likeness (QED) is 0.419. The molecule has 14 heavy (non-hydrogen) atoms. The van der Waals surface area contributed by atoms with Crippen LogP contribution in [0.4, 0.5) is 0 Å². The first kappa shape index (κ1) is 12.0. The largest absolute Gasteiger partial charge is 0.373 e. The number of unbranched alkanes of at least 4 members (excludes halogenated alkanes) is 3. The topological polar surface area (TPSA) is 15.8 Å². The Kier molecular flexibility index (Phi) is 6.20. The van der Waals surface area contributed by atoms with Crippen LogP contribution in [0.3, 0.4) is 0 Å². The van der Waals surface area contributed by atoms with E-state index in [1.165, 1.54) is 51.7 Å². The lowest BCUT2D eigenvalue weighted by atomic mass is 10.1. The summed E-state index contributed by atoms with van der Waals surface area (Å²) in [5, 5.41) is 0. The van der Waals surface area contributed by atoms with Crippen molar-refractivity contribution in [2.45, 2.75) is 52.1 Å². The Morgan fingerprint density at radius 2 is 1.71 bits per heavy atom. The Bertz CT molecular complexity index is 130. The molecule has 1 atom stereocenters. The Morgan fingerprint density at radius 1 is 1.07 bits per heavy atom. The Morgan fingerprint density at radius 3 is 2.29 bits per heavy atom. The zero-order valence-electron chi connectivity index (χ0n) is 9.80. The van der Waals surface area contributed by atoms with E-state index >= 15 is 0 Å². The second-order valence-corrected chi connectivity index (χ2v) is 4.19. The first-order valence-electron chi connectivity index (χ1n) is 6.20. The van der Waals surface area contributed by atoms with Crippen molar-refractivity contribution in [3.8, 4) is 0 Å². The van der Waals surface area contributed by atoms with Gasteiger partial charge in [0.1, 0.15) is 0 Å². The molecule has 1 fully saturated rings. The van der Waals surface area contributed by atoms with Gasteiger partial charge in [0.25, 0.3) is 0 Å². The van der Waals surface area contributed by atoms with Crippen molar-refractivity contribution < 1.29 is 4.74 Å². The third kappa shape index (κ3) is 5.61. The van der Waals surface area contributed by atoms with Crippen LogP contribution in [0, 0.1) is 0 Å². The van der Waals surface area contributed by atoms with Gasteiger partial charge >= 0.3 is 0 Å². The molecule has 1 aliphatic rings. The normalized spacial score (nSPS) is 20.4. The van der Waals surface area contributed by atoms with Crippen molar-refractivity contribution in [2.75, 3.05) is 26.2 Å². The molecule has 0 aromatic carbocycles. The van der Waals surface area contributed by atoms with Crippen molar-refractivity contribution in [1.82, 2.24) is 4.90 Å². The van der Waals surface area contributed by atoms with Gasteiger partial charge in [0, 0.05) is 0 Å². The molecular formula is C12H25NO. The molecule has 0 spiro atoms. The van der Waals surface area contributed by atoms with E-state index in [0.29, 0.717) is 6.10 Å². The number of epoxide rings is 1. The average molecular weight is 199 g/mol. The SMILES string of the molecule is CCN(CC)CCCCCCC1CO1. The van der Waals surface area contributed by atoms with Crippen LogP contribution in [0.2, 0.25) is 0 Å². The summed E-state index contributed by atoms with van der Waals surface area (Å²) >= 11 is 0. The minimum absolute atomic E-state index is 0.637. The van der Waals surface area contributed by atoms with E-state index in [0.717, 1.165) is 6.61 Å². The van der Waals surface area contributed by atoms with Gasteiger partial charge in [-0.15, -0.1) is 0 Å². The van der Waals surface area contributed by atoms with Crippen LogP contribution in [0.15, 0.2) is 0 Å². The zero-order valence-corrected chi connectivity index (χ0v) is 9.80. The van der Waals surface area contributed by atoms with Crippen LogP contribution in [-0.2, 0) is 4.74 Å². The molecule has 2 heteroatoms. The molecule has 0 N–H and O–H groups in total. The zero-order chi connectivity index (χ0) is 10.2. The summed E-state index contributed by atoms with van der Waals surface area (Å²) in [5.74, 6) is 0. The predicted octanol–water partition coefficient (Wildman–Crippen LogP) is 2.68. The van der Waals surface area contributed by atoms with Crippen molar-refractivity contribution in [3.63, 3.8) is 0 Å². The standard InChI is InChI=1S/C12H25NO/c1-3-13(4-2)10-8-6-5-7-9-12-11-14-12/h12H,3-11H2,1-2H3. The van der Waals surface area contributed by atoms with Gasteiger partial charge in [-0.3, -0.25) is 0 Å². The Balaban J connectivity index is 1.78. The first-order valence-corrected chi connectivity index (χ1v) is 6.20. The summed E-state index contributed by atoms with van der Waals surface area (Å²) < 4.78 is 5.18. The van der Waals surface area contributed by atoms with Gasteiger partial charge in [-0.05, 0) is 32.5 Å². The highest BCUT2D eigenvalue weighted by Gasteiger charge is 2.20. The summed E-state index contributed by atoms with van der Waals surface area (Å²) in [6.07, 6.45) is 7.45. The van der Waals surface area contributed by atoms with Gasteiger partial charge in [0.15, 0.2) is 0 Å². The van der Waals surface area contributed by atoms with Crippen molar-refractivity contribution in [2.24, 2.45) is 0 Å². The van der Waals surface area contributed by atoms with E-state index in [4.69, 9.17) is 4.74 Å². The molecule has 0 saturated carbocycles. The van der Waals surface area contributed by atoms with Crippen LogP contribution in [0.5, 0.6) is 0 Å². The lowest BCUT2D eigenvalue weighted by Gasteiger charge is -2.17. The maximum Gasteiger partial charge on any atom is 0.0810 e. The molecule has 0 aliphatic carbocycles. The van der Waals surface area contributed by atoms with Crippen LogP contribution >= 0.6 is 0 Å². The minimum Gasteiger partial charge on any atom is -0.373 e. The van der Waals surface area contributed by atoms with Gasteiger partial charge in [0.05, 0.1) is 12.7 Å². The summed E-state index contributed by atoms with van der Waals surface area (Å²) in [5.41, 5.74) is 0. The Labute approximate surface area is 88.6 Å². The van der Waals surface area contributed by atoms with Gasteiger partial charge in [-0.2, -0.15) is 0 Å². The van der Waals surface area contributed by atoms with Crippen LogP contribution in [0.25, 0.3) is 0 Å². The smallest absolute Gasteiger partial charge is 0.0810 e. The lowest BCUT2D eigenvalue weighted by Crippen LogP contribution is -2.23. The van der Waals surface area contributed by atoms with E-state index in [1.54, 1.807) is 0 Å². The fourth-order valence-electron chi connectivity index (χ4n) is 1.84. The highest BCUT2D eigenvalue weighted by molar-refractivity contribution is 4.68. The molecule has 1 rings (SSSR count). The highest BCUT2D eigenvalue weighted by atomic mass is 16.6. The second kappa shape index (κ2) is 7.24. The summed E-state index contributed by atoms with van der Waals surface area (Å²) in [6, 6.07) is 0. The van der Waals surface area contributed by atoms with E-state index in [2.05, 4.69) is 18.7 Å². The predicted molar refractivity (Wildman–Crippen MR) is 60.6 cm³/mol. The number of ether oxygens (including phenoxy) is 1. The molecule has 0 aromatic heterocycles. The minimum atomic E-state index is 0.637. The highest BCUT2D eigenvalue weighted by Crippen LogP contribution is 2.17. The van der Waals surface area contributed by atoms with E-state index in [1.807, 2.05) is 0 Å². The van der Waals surface area contributed by atoms with Crippen molar-refractivity contribution >= 4 is 0 Å². The summed E-state index contributed by atoms with van der Waals surface area (Å²) in [4.78, 5) is 2.50. The maximum atomic E-state index is 5.18. The molecule has 1 aliphatic heterocycles. The molecule has 0 amide bonds. The molecular weight excluding hydrogens is 174 g/mol. The Hall–Kier alpha value is -0.0800. The third-order valence-corrected chi connectivity index (χ3v) is 3.05. The molecule has 0 aromatic rings. The molecule has 84 valence electrons. The maximum absolute atomic E-state index is 5.18. The molecule has 1 unspecified atom stereocenters. The second-order valence-electron chi connectivity index (χ2n) is 4.19. The number of nitrogens with zero attached hydrogens (tertiary/aromatic N) is 1. The average Bonchev–Trinajstić information content (AvgIpc) is 3.01. The van der Waals surface area contributed by atoms with Gasteiger partial charge in [0.2, 0.25) is 0 Å². The third-order valence-electron chi connectivity index (χ3n) is 3.05. The molecule has 2 nitrogen and oxygen atoms in total. The van der Waals surface area contributed by atoms with Crippen molar-refractivity contribution in [3.05, 3.63) is 0 Å². The molecule has 1 heterocycles. The number of hydrogen-bond acceptors (Lipinski definition) is 2. The first-order chi connectivity index (χ1) is 6.86. The fourth-order valence-corrected chi connectivity index (χ4v) is 1.84. The van der Waals surface area contributed by atoms with E-state index < -0.39 is 0 Å². The van der Waals surface area contributed by atoms with Gasteiger partial charge < -0.3 is 9.64 Å². The number of hydrogen-bond donors (Lipinski definition) is 0. The van der Waals surface area contributed by atoms with Gasteiger partial charge in [-0.1, -0.05) is 33.1 Å². The van der Waals surface area contributed by atoms with Crippen LogP contribution in [-0.4, -0.2) is 37.2 Å². The van der Waals surface area contributed by atoms with E-state index in [9.17, 15) is 0 Å². The molecule has 1 saturated heterocycles. The van der Waals surface area contributed by atoms with Crippen LogP contribution in [0.1, 0.15) is 46.0 Å². The van der Waals surface area contributed by atoms with E-state index in [-0.39, 0.29) is 0 Å². The summed E-state index contributed by atoms with van der Waals surface area (Å²) in [6.45, 7) is 9.20. The van der Waals surface area contributed by atoms with Crippen LogP contribution < -0.4 is 0 Å². The monoisotopic (exact) mass is 199 g/mol. The molecule has 0 radical (unpaired) electrons. The van der Waals surface area contributed by atoms with Gasteiger partial charge in [-0.25, -0.2) is 0 Å². The fraction of sp³-hybridized carbons (Fsp3) is 1.00.